The summed E-state index contributed by atoms with van der Waals surface area (Å²) in [6, 6.07) is 21.2. The van der Waals surface area contributed by atoms with Crippen LogP contribution in [-0.4, -0.2) is 37.2 Å². The van der Waals surface area contributed by atoms with E-state index >= 15 is 0 Å². The number of amides is 2. The summed E-state index contributed by atoms with van der Waals surface area (Å²) in [5.41, 5.74) is 5.40. The summed E-state index contributed by atoms with van der Waals surface area (Å²) in [4.78, 5) is 27.5. The molecule has 3 rings (SSSR count). The lowest BCUT2D eigenvalue weighted by Gasteiger charge is -2.12. The molecule has 7 nitrogen and oxygen atoms in total. The number of anilines is 1. The standard InChI is InChI=1S/C25H23IN4O3/c1-30(2)20-11-8-17(9-12-20)15-22(28-24(32)19-6-4-3-5-7-19)25(33)29-27-16-18-10-13-23(31)21(26)14-18/h3-16,31H,1-2H3,(H,28,32)(H,29,33)/b22-15-,27-16-. The van der Waals surface area contributed by atoms with Gasteiger partial charge in [-0.05, 0) is 82.3 Å². The first-order valence-corrected chi connectivity index (χ1v) is 11.1. The van der Waals surface area contributed by atoms with Crippen molar-refractivity contribution in [3.63, 3.8) is 0 Å². The third-order valence-electron chi connectivity index (χ3n) is 4.60. The second-order valence-corrected chi connectivity index (χ2v) is 8.44. The third-order valence-corrected chi connectivity index (χ3v) is 5.46. The fraction of sp³-hybridized carbons (Fsp3) is 0.0800. The van der Waals surface area contributed by atoms with Crippen LogP contribution >= 0.6 is 22.6 Å². The first kappa shape index (κ1) is 24.0. The number of phenolic OH excluding ortho intramolecular Hbond substituents is 1. The molecule has 0 aliphatic carbocycles. The number of nitrogens with one attached hydrogen (secondary N) is 2. The Hall–Kier alpha value is -3.66. The van der Waals surface area contributed by atoms with Crippen molar-refractivity contribution in [2.75, 3.05) is 19.0 Å². The maximum atomic E-state index is 12.8. The zero-order valence-electron chi connectivity index (χ0n) is 18.1. The average molecular weight is 554 g/mol. The Morgan fingerprint density at radius 1 is 0.970 bits per heavy atom. The van der Waals surface area contributed by atoms with E-state index in [0.717, 1.165) is 11.3 Å². The normalized spacial score (nSPS) is 11.3. The largest absolute Gasteiger partial charge is 0.507 e. The van der Waals surface area contributed by atoms with E-state index in [1.807, 2.05) is 71.9 Å². The van der Waals surface area contributed by atoms with Crippen molar-refractivity contribution in [2.24, 2.45) is 5.10 Å². The lowest BCUT2D eigenvalue weighted by atomic mass is 10.1. The summed E-state index contributed by atoms with van der Waals surface area (Å²) in [5, 5.41) is 16.3. The molecule has 3 aromatic carbocycles. The number of rotatable bonds is 7. The van der Waals surface area contributed by atoms with Gasteiger partial charge in [0.15, 0.2) is 0 Å². The molecular formula is C25H23IN4O3. The molecule has 0 saturated carbocycles. The molecule has 0 unspecified atom stereocenters. The molecule has 0 atom stereocenters. The fourth-order valence-corrected chi connectivity index (χ4v) is 3.35. The fourth-order valence-electron chi connectivity index (χ4n) is 2.81. The van der Waals surface area contributed by atoms with Gasteiger partial charge in [-0.1, -0.05) is 30.3 Å². The lowest BCUT2D eigenvalue weighted by molar-refractivity contribution is -0.117. The highest BCUT2D eigenvalue weighted by Crippen LogP contribution is 2.19. The van der Waals surface area contributed by atoms with Gasteiger partial charge in [0.05, 0.1) is 9.78 Å². The summed E-state index contributed by atoms with van der Waals surface area (Å²) in [6.45, 7) is 0. The predicted octanol–water partition coefficient (Wildman–Crippen LogP) is 3.98. The molecule has 3 N–H and O–H groups in total. The SMILES string of the molecule is CN(C)c1ccc(/C=C(\NC(=O)c2ccccc2)C(=O)N/N=C\c2ccc(O)c(I)c2)cc1. The monoisotopic (exact) mass is 554 g/mol. The lowest BCUT2D eigenvalue weighted by Crippen LogP contribution is -2.32. The maximum absolute atomic E-state index is 12.8. The Kier molecular flexibility index (Phi) is 8.20. The zero-order chi connectivity index (χ0) is 23.8. The van der Waals surface area contributed by atoms with E-state index in [1.165, 1.54) is 6.21 Å². The van der Waals surface area contributed by atoms with Gasteiger partial charge < -0.3 is 15.3 Å². The Morgan fingerprint density at radius 3 is 2.27 bits per heavy atom. The number of hydrogen-bond acceptors (Lipinski definition) is 5. The van der Waals surface area contributed by atoms with Gasteiger partial charge in [-0.15, -0.1) is 0 Å². The number of nitrogens with zero attached hydrogens (tertiary/aromatic N) is 2. The number of phenols is 1. The van der Waals surface area contributed by atoms with Crippen LogP contribution in [0.1, 0.15) is 21.5 Å². The van der Waals surface area contributed by atoms with Gasteiger partial charge in [0.25, 0.3) is 11.8 Å². The van der Waals surface area contributed by atoms with Crippen LogP contribution in [0.3, 0.4) is 0 Å². The highest BCUT2D eigenvalue weighted by Gasteiger charge is 2.14. The highest BCUT2D eigenvalue weighted by atomic mass is 127. The van der Waals surface area contributed by atoms with Gasteiger partial charge in [-0.25, -0.2) is 5.43 Å². The van der Waals surface area contributed by atoms with Gasteiger partial charge in [0.2, 0.25) is 0 Å². The maximum Gasteiger partial charge on any atom is 0.287 e. The molecule has 0 aliphatic heterocycles. The van der Waals surface area contributed by atoms with Crippen LogP contribution in [0.25, 0.3) is 6.08 Å². The smallest absolute Gasteiger partial charge is 0.287 e. The van der Waals surface area contributed by atoms with Gasteiger partial charge in [-0.3, -0.25) is 9.59 Å². The molecule has 8 heteroatoms. The van der Waals surface area contributed by atoms with Gasteiger partial charge in [0, 0.05) is 25.3 Å². The quantitative estimate of drug-likeness (QED) is 0.178. The Labute approximate surface area is 206 Å². The molecule has 0 spiro atoms. The van der Waals surface area contributed by atoms with Crippen molar-refractivity contribution >= 4 is 52.4 Å². The van der Waals surface area contributed by atoms with Crippen LogP contribution in [0.4, 0.5) is 5.69 Å². The van der Waals surface area contributed by atoms with Gasteiger partial charge in [0.1, 0.15) is 11.4 Å². The van der Waals surface area contributed by atoms with Crippen molar-refractivity contribution in [1.29, 1.82) is 0 Å². The van der Waals surface area contributed by atoms with E-state index in [9.17, 15) is 14.7 Å². The molecule has 0 saturated heterocycles. The Balaban J connectivity index is 1.81. The first-order valence-electron chi connectivity index (χ1n) is 10.0. The van der Waals surface area contributed by atoms with Crippen LogP contribution < -0.4 is 15.6 Å². The molecule has 3 aromatic rings. The van der Waals surface area contributed by atoms with Crippen molar-refractivity contribution in [3.05, 3.63) is 98.8 Å². The van der Waals surface area contributed by atoms with Crippen molar-refractivity contribution in [1.82, 2.24) is 10.7 Å². The molecule has 2 amide bonds. The molecule has 0 heterocycles. The van der Waals surface area contributed by atoms with E-state index in [-0.39, 0.29) is 11.4 Å². The summed E-state index contributed by atoms with van der Waals surface area (Å²) in [5.74, 6) is -0.800. The van der Waals surface area contributed by atoms with E-state index in [4.69, 9.17) is 0 Å². The van der Waals surface area contributed by atoms with E-state index in [2.05, 4.69) is 15.8 Å². The van der Waals surface area contributed by atoms with Gasteiger partial charge >= 0.3 is 0 Å². The molecule has 0 bridgehead atoms. The number of hydrazone groups is 1. The number of hydrogen-bond donors (Lipinski definition) is 3. The van der Waals surface area contributed by atoms with Crippen LogP contribution in [0, 0.1) is 3.57 Å². The molecule has 0 radical (unpaired) electrons. The topological polar surface area (TPSA) is 94.0 Å². The third kappa shape index (κ3) is 6.91. The van der Waals surface area contributed by atoms with E-state index in [0.29, 0.717) is 14.7 Å². The number of carbonyl (C=O) groups excluding carboxylic acids is 2. The number of aromatic hydroxyl groups is 1. The van der Waals surface area contributed by atoms with Gasteiger partial charge in [-0.2, -0.15) is 5.10 Å². The van der Waals surface area contributed by atoms with Crippen molar-refractivity contribution < 1.29 is 14.7 Å². The molecule has 0 aliphatic rings. The number of benzene rings is 3. The predicted molar refractivity (Wildman–Crippen MR) is 139 cm³/mol. The highest BCUT2D eigenvalue weighted by molar-refractivity contribution is 14.1. The van der Waals surface area contributed by atoms with Crippen molar-refractivity contribution in [3.8, 4) is 5.75 Å². The Bertz CT molecular complexity index is 1190. The molecule has 33 heavy (non-hydrogen) atoms. The molecule has 0 aromatic heterocycles. The van der Waals surface area contributed by atoms with Crippen LogP contribution in [0.2, 0.25) is 0 Å². The second kappa shape index (κ2) is 11.3. The summed E-state index contributed by atoms with van der Waals surface area (Å²) < 4.78 is 0.666. The minimum Gasteiger partial charge on any atom is -0.507 e. The number of carbonyl (C=O) groups is 2. The molecule has 0 fully saturated rings. The van der Waals surface area contributed by atoms with Crippen molar-refractivity contribution in [2.45, 2.75) is 0 Å². The van der Waals surface area contributed by atoms with Crippen LogP contribution in [-0.2, 0) is 4.79 Å². The molecule has 168 valence electrons. The summed E-state index contributed by atoms with van der Waals surface area (Å²) in [6.07, 6.45) is 3.05. The van der Waals surface area contributed by atoms with Crippen LogP contribution in [0.5, 0.6) is 5.75 Å². The second-order valence-electron chi connectivity index (χ2n) is 7.27. The average Bonchev–Trinajstić information content (AvgIpc) is 2.81. The Morgan fingerprint density at radius 2 is 1.64 bits per heavy atom. The summed E-state index contributed by atoms with van der Waals surface area (Å²) in [7, 11) is 3.88. The molecular weight excluding hydrogens is 531 g/mol. The van der Waals surface area contributed by atoms with E-state index < -0.39 is 11.8 Å². The minimum absolute atomic E-state index is 0.0545. The summed E-state index contributed by atoms with van der Waals surface area (Å²) >= 11 is 2.00. The first-order chi connectivity index (χ1) is 15.8. The van der Waals surface area contributed by atoms with E-state index in [1.54, 1.807) is 48.5 Å². The number of halogens is 1. The zero-order valence-corrected chi connectivity index (χ0v) is 20.3. The minimum atomic E-state index is -0.569. The van der Waals surface area contributed by atoms with Crippen LogP contribution in [0.15, 0.2) is 83.6 Å².